The maximum Gasteiger partial charge on any atom is 0.116 e. The Morgan fingerprint density at radius 3 is 2.47 bits per heavy atom. The molecule has 0 aliphatic carbocycles. The highest BCUT2D eigenvalue weighted by Crippen LogP contribution is 2.34. The number of nitrogens with one attached hydrogen (secondary N) is 2. The van der Waals surface area contributed by atoms with E-state index in [-0.39, 0.29) is 0 Å². The van der Waals surface area contributed by atoms with Gasteiger partial charge in [-0.2, -0.15) is 5.10 Å². The van der Waals surface area contributed by atoms with Crippen LogP contribution in [-0.4, -0.2) is 35.1 Å². The van der Waals surface area contributed by atoms with Gasteiger partial charge in [0.2, 0.25) is 0 Å². The van der Waals surface area contributed by atoms with Crippen LogP contribution in [0.15, 0.2) is 79.8 Å². The molecule has 6 aromatic rings. The van der Waals surface area contributed by atoms with E-state index in [9.17, 15) is 0 Å². The molecule has 142 valence electrons. The smallest absolute Gasteiger partial charge is 0.116 e. The lowest BCUT2D eigenvalue weighted by Gasteiger charge is -2.02. The Kier molecular flexibility index (Phi) is 3.64. The first-order chi connectivity index (χ1) is 14.9. The number of pyridine rings is 2. The Labute approximate surface area is 170 Å². The summed E-state index contributed by atoms with van der Waals surface area (Å²) in [5.41, 5.74) is 7.67. The monoisotopic (exact) mass is 389 g/mol. The molecule has 7 heteroatoms. The second-order valence-electron chi connectivity index (χ2n) is 7.00. The van der Waals surface area contributed by atoms with Gasteiger partial charge in [-0.05, 0) is 41.5 Å². The molecule has 30 heavy (non-hydrogen) atoms. The van der Waals surface area contributed by atoms with Crippen LogP contribution in [0.2, 0.25) is 0 Å². The summed E-state index contributed by atoms with van der Waals surface area (Å²) in [5.74, 6) is 0. The van der Waals surface area contributed by atoms with Crippen molar-refractivity contribution in [1.29, 1.82) is 0 Å². The van der Waals surface area contributed by atoms with Crippen LogP contribution in [0.1, 0.15) is 0 Å². The summed E-state index contributed by atoms with van der Waals surface area (Å²) in [6.07, 6.45) is 10.4. The first-order valence-corrected chi connectivity index (χ1v) is 9.49. The average molecular weight is 389 g/mol. The SMILES string of the molecule is c1cc(-c2ccncc2)c2cc(-c3n[nH]c4cnc(-c5cncnc5)cc34)[nH]c2c1. The van der Waals surface area contributed by atoms with Crippen molar-refractivity contribution in [3.05, 3.63) is 79.8 Å². The highest BCUT2D eigenvalue weighted by Gasteiger charge is 2.14. The van der Waals surface area contributed by atoms with E-state index in [2.05, 4.69) is 59.4 Å². The van der Waals surface area contributed by atoms with Crippen LogP contribution in [0, 0.1) is 0 Å². The third-order valence-corrected chi connectivity index (χ3v) is 5.21. The molecule has 0 saturated heterocycles. The van der Waals surface area contributed by atoms with E-state index in [4.69, 9.17) is 0 Å². The molecule has 0 spiro atoms. The minimum absolute atomic E-state index is 0.805. The van der Waals surface area contributed by atoms with Crippen molar-refractivity contribution < 1.29 is 0 Å². The summed E-state index contributed by atoms with van der Waals surface area (Å²) < 4.78 is 0. The topological polar surface area (TPSA) is 96.0 Å². The molecule has 1 aromatic carbocycles. The summed E-state index contributed by atoms with van der Waals surface area (Å²) in [6.45, 7) is 0. The van der Waals surface area contributed by atoms with Gasteiger partial charge in [0.1, 0.15) is 12.0 Å². The second-order valence-corrected chi connectivity index (χ2v) is 7.00. The van der Waals surface area contributed by atoms with Gasteiger partial charge in [-0.15, -0.1) is 0 Å². The first kappa shape index (κ1) is 16.6. The van der Waals surface area contributed by atoms with E-state index in [1.54, 1.807) is 18.6 Å². The lowest BCUT2D eigenvalue weighted by Crippen LogP contribution is -1.86. The Morgan fingerprint density at radius 1 is 0.733 bits per heavy atom. The summed E-state index contributed by atoms with van der Waals surface area (Å²) in [7, 11) is 0. The first-order valence-electron chi connectivity index (χ1n) is 9.49. The van der Waals surface area contributed by atoms with Crippen molar-refractivity contribution >= 4 is 21.8 Å². The van der Waals surface area contributed by atoms with Gasteiger partial charge in [-0.1, -0.05) is 12.1 Å². The minimum Gasteiger partial charge on any atom is -0.353 e. The van der Waals surface area contributed by atoms with Crippen LogP contribution >= 0.6 is 0 Å². The Bertz CT molecular complexity index is 1480. The van der Waals surface area contributed by atoms with Gasteiger partial charge in [-0.3, -0.25) is 15.1 Å². The van der Waals surface area contributed by atoms with Crippen molar-refractivity contribution in [2.45, 2.75) is 0 Å². The standard InChI is InChI=1S/C23H15N7/c1-2-16(14-4-6-24-7-5-14)17-8-21(28-19(17)3-1)23-18-9-20(15-10-25-13-26-11-15)27-12-22(18)29-30-23/h1-13,28H,(H,29,30). The molecule has 7 nitrogen and oxygen atoms in total. The van der Waals surface area contributed by atoms with Gasteiger partial charge in [-0.25, -0.2) is 9.97 Å². The van der Waals surface area contributed by atoms with Crippen molar-refractivity contribution in [3.63, 3.8) is 0 Å². The Hall–Kier alpha value is -4.39. The van der Waals surface area contributed by atoms with E-state index in [1.165, 1.54) is 6.33 Å². The lowest BCUT2D eigenvalue weighted by molar-refractivity contribution is 1.11. The van der Waals surface area contributed by atoms with Crippen LogP contribution in [0.5, 0.6) is 0 Å². The lowest BCUT2D eigenvalue weighted by atomic mass is 10.0. The van der Waals surface area contributed by atoms with Crippen molar-refractivity contribution in [1.82, 2.24) is 35.1 Å². The molecule has 0 radical (unpaired) electrons. The quantitative estimate of drug-likeness (QED) is 0.460. The number of aromatic amines is 2. The van der Waals surface area contributed by atoms with Gasteiger partial charge in [0.05, 0.1) is 23.1 Å². The van der Waals surface area contributed by atoms with E-state index in [1.807, 2.05) is 30.6 Å². The molecule has 0 atom stereocenters. The van der Waals surface area contributed by atoms with Crippen LogP contribution in [0.3, 0.4) is 0 Å². The summed E-state index contributed by atoms with van der Waals surface area (Å²) in [4.78, 5) is 20.3. The van der Waals surface area contributed by atoms with Crippen molar-refractivity contribution in [3.8, 4) is 33.8 Å². The van der Waals surface area contributed by atoms with Gasteiger partial charge in [0.25, 0.3) is 0 Å². The normalized spacial score (nSPS) is 11.3. The summed E-state index contributed by atoms with van der Waals surface area (Å²) in [5, 5.41) is 9.77. The molecular formula is C23H15N7. The van der Waals surface area contributed by atoms with Gasteiger partial charge in [0.15, 0.2) is 0 Å². The van der Waals surface area contributed by atoms with Crippen LogP contribution in [-0.2, 0) is 0 Å². The number of aromatic nitrogens is 7. The average Bonchev–Trinajstić information content (AvgIpc) is 3.43. The molecule has 0 unspecified atom stereocenters. The highest BCUT2D eigenvalue weighted by molar-refractivity contribution is 6.01. The van der Waals surface area contributed by atoms with Crippen molar-refractivity contribution in [2.75, 3.05) is 0 Å². The molecule has 0 aliphatic rings. The van der Waals surface area contributed by atoms with E-state index in [0.717, 1.165) is 55.6 Å². The van der Waals surface area contributed by atoms with Crippen LogP contribution < -0.4 is 0 Å². The van der Waals surface area contributed by atoms with Gasteiger partial charge >= 0.3 is 0 Å². The van der Waals surface area contributed by atoms with E-state index in [0.29, 0.717) is 0 Å². The van der Waals surface area contributed by atoms with E-state index < -0.39 is 0 Å². The molecule has 0 amide bonds. The molecule has 5 aromatic heterocycles. The molecule has 0 aliphatic heterocycles. The van der Waals surface area contributed by atoms with Gasteiger partial charge < -0.3 is 4.98 Å². The highest BCUT2D eigenvalue weighted by atomic mass is 15.1. The zero-order valence-corrected chi connectivity index (χ0v) is 15.7. The number of fused-ring (bicyclic) bond motifs is 2. The zero-order valence-electron chi connectivity index (χ0n) is 15.7. The maximum atomic E-state index is 4.56. The molecule has 6 rings (SSSR count). The number of hydrogen-bond acceptors (Lipinski definition) is 5. The van der Waals surface area contributed by atoms with E-state index >= 15 is 0 Å². The van der Waals surface area contributed by atoms with Crippen LogP contribution in [0.4, 0.5) is 0 Å². The Balaban J connectivity index is 1.52. The predicted octanol–water partition coefficient (Wildman–Crippen LogP) is 4.63. The maximum absolute atomic E-state index is 4.56. The number of benzene rings is 1. The summed E-state index contributed by atoms with van der Waals surface area (Å²) >= 11 is 0. The third kappa shape index (κ3) is 2.64. The number of H-pyrrole nitrogens is 2. The van der Waals surface area contributed by atoms with Crippen LogP contribution in [0.25, 0.3) is 55.6 Å². The van der Waals surface area contributed by atoms with Crippen molar-refractivity contribution in [2.24, 2.45) is 0 Å². The predicted molar refractivity (Wildman–Crippen MR) is 115 cm³/mol. The fourth-order valence-electron chi connectivity index (χ4n) is 3.78. The molecular weight excluding hydrogens is 374 g/mol. The molecule has 0 fully saturated rings. The molecule has 0 saturated carbocycles. The molecule has 2 N–H and O–H groups in total. The largest absolute Gasteiger partial charge is 0.353 e. The zero-order chi connectivity index (χ0) is 19.9. The summed E-state index contributed by atoms with van der Waals surface area (Å²) in [6, 6.07) is 14.5. The Morgan fingerprint density at radius 2 is 1.60 bits per heavy atom. The van der Waals surface area contributed by atoms with Gasteiger partial charge in [0, 0.05) is 46.6 Å². The third-order valence-electron chi connectivity index (χ3n) is 5.21. The minimum atomic E-state index is 0.805. The molecule has 0 bridgehead atoms. The second kappa shape index (κ2) is 6.59. The number of hydrogen-bond donors (Lipinski definition) is 2. The number of rotatable bonds is 3. The fourth-order valence-corrected chi connectivity index (χ4v) is 3.78. The fraction of sp³-hybridized carbons (Fsp3) is 0. The molecule has 5 heterocycles. The number of nitrogens with zero attached hydrogens (tertiary/aromatic N) is 5.